The molecule has 0 fully saturated rings. The molecule has 11 heavy (non-hydrogen) atoms. The van der Waals surface area contributed by atoms with Gasteiger partial charge < -0.3 is 10.5 Å². The van der Waals surface area contributed by atoms with Gasteiger partial charge in [0.2, 0.25) is 0 Å². The highest BCUT2D eigenvalue weighted by Crippen LogP contribution is 2.29. The maximum Gasteiger partial charge on any atom is 0.124 e. The Bertz CT molecular complexity index is 265. The van der Waals surface area contributed by atoms with Crippen LogP contribution in [0.25, 0.3) is 0 Å². The van der Waals surface area contributed by atoms with Gasteiger partial charge in [0.15, 0.2) is 0 Å². The Morgan fingerprint density at radius 3 is 3.09 bits per heavy atom. The first-order valence-corrected chi connectivity index (χ1v) is 3.79. The van der Waals surface area contributed by atoms with Gasteiger partial charge in [-0.05, 0) is 18.1 Å². The zero-order valence-corrected chi connectivity index (χ0v) is 6.55. The highest BCUT2D eigenvalue weighted by atomic mass is 16.5. The summed E-state index contributed by atoms with van der Waals surface area (Å²) in [6.45, 7) is 2.83. The lowest BCUT2D eigenvalue weighted by atomic mass is 10.1. The average molecular weight is 149 g/mol. The Hall–Kier alpha value is -1.18. The summed E-state index contributed by atoms with van der Waals surface area (Å²) < 4.78 is 5.35. The Morgan fingerprint density at radius 2 is 2.27 bits per heavy atom. The summed E-state index contributed by atoms with van der Waals surface area (Å²) in [7, 11) is 0. The molecule has 2 nitrogen and oxygen atoms in total. The van der Waals surface area contributed by atoms with E-state index in [0.29, 0.717) is 0 Å². The topological polar surface area (TPSA) is 35.2 Å². The number of hydrogen-bond acceptors (Lipinski definition) is 2. The molecule has 0 saturated heterocycles. The summed E-state index contributed by atoms with van der Waals surface area (Å²) in [5.74, 6) is 0.966. The molecule has 0 amide bonds. The molecule has 0 unspecified atom stereocenters. The van der Waals surface area contributed by atoms with Crippen LogP contribution in [0.2, 0.25) is 0 Å². The number of ether oxygens (including phenoxy) is 1. The Balaban J connectivity index is 2.57. The van der Waals surface area contributed by atoms with E-state index in [1.807, 2.05) is 13.0 Å². The highest BCUT2D eigenvalue weighted by Gasteiger charge is 2.12. The predicted octanol–water partition coefficient (Wildman–Crippen LogP) is 1.51. The van der Waals surface area contributed by atoms with E-state index in [1.54, 1.807) is 0 Å². The fourth-order valence-corrected chi connectivity index (χ4v) is 1.36. The van der Waals surface area contributed by atoms with Crippen molar-refractivity contribution in [2.45, 2.75) is 13.3 Å². The number of nitrogens with two attached hydrogens (primary N) is 1. The molecular formula is C9H11NO. The van der Waals surface area contributed by atoms with E-state index in [9.17, 15) is 0 Å². The quantitative estimate of drug-likeness (QED) is 0.567. The molecule has 1 heterocycles. The molecular weight excluding hydrogens is 138 g/mol. The lowest BCUT2D eigenvalue weighted by molar-refractivity contribution is 0.357. The molecule has 0 atom stereocenters. The van der Waals surface area contributed by atoms with Crippen molar-refractivity contribution in [1.82, 2.24) is 0 Å². The van der Waals surface area contributed by atoms with Crippen LogP contribution in [-0.2, 0) is 6.42 Å². The number of benzene rings is 1. The number of fused-ring (bicyclic) bond motifs is 1. The summed E-state index contributed by atoms with van der Waals surface area (Å²) in [5.41, 5.74) is 8.97. The van der Waals surface area contributed by atoms with Crippen LogP contribution in [0.4, 0.5) is 5.69 Å². The molecule has 2 heteroatoms. The molecule has 2 N–H and O–H groups in total. The van der Waals surface area contributed by atoms with Gasteiger partial charge in [0.25, 0.3) is 0 Å². The standard InChI is InChI=1S/C9H11NO/c1-6-4-7-2-3-11-9(7)5-8(6)10/h4-5H,2-3,10H2,1H3. The minimum absolute atomic E-state index is 0.804. The number of nitrogen functional groups attached to an aromatic ring is 1. The number of hydrogen-bond donors (Lipinski definition) is 1. The fraction of sp³-hybridized carbons (Fsp3) is 0.333. The van der Waals surface area contributed by atoms with Gasteiger partial charge in [0.1, 0.15) is 5.75 Å². The SMILES string of the molecule is Cc1cc2c(cc1N)OCC2. The van der Waals surface area contributed by atoms with Crippen LogP contribution >= 0.6 is 0 Å². The van der Waals surface area contributed by atoms with Crippen LogP contribution in [-0.4, -0.2) is 6.61 Å². The van der Waals surface area contributed by atoms with Crippen LogP contribution in [0.1, 0.15) is 11.1 Å². The zero-order valence-electron chi connectivity index (χ0n) is 6.55. The van der Waals surface area contributed by atoms with Crippen molar-refractivity contribution in [1.29, 1.82) is 0 Å². The summed E-state index contributed by atoms with van der Waals surface area (Å²) in [6.07, 6.45) is 1.02. The van der Waals surface area contributed by atoms with E-state index >= 15 is 0 Å². The zero-order chi connectivity index (χ0) is 7.84. The third kappa shape index (κ3) is 0.946. The van der Waals surface area contributed by atoms with E-state index in [2.05, 4.69) is 6.07 Å². The maximum atomic E-state index is 5.71. The normalized spacial score (nSPS) is 14.3. The number of anilines is 1. The maximum absolute atomic E-state index is 5.71. The van der Waals surface area contributed by atoms with Crippen molar-refractivity contribution in [3.05, 3.63) is 23.3 Å². The van der Waals surface area contributed by atoms with Crippen molar-refractivity contribution in [2.24, 2.45) is 0 Å². The Labute approximate surface area is 66.0 Å². The largest absolute Gasteiger partial charge is 0.493 e. The lowest BCUT2D eigenvalue weighted by Crippen LogP contribution is -1.90. The second-order valence-electron chi connectivity index (χ2n) is 2.91. The summed E-state index contributed by atoms with van der Waals surface area (Å²) >= 11 is 0. The monoisotopic (exact) mass is 149 g/mol. The number of aryl methyl sites for hydroxylation is 1. The van der Waals surface area contributed by atoms with E-state index in [4.69, 9.17) is 10.5 Å². The second-order valence-corrected chi connectivity index (χ2v) is 2.91. The third-order valence-electron chi connectivity index (χ3n) is 2.08. The van der Waals surface area contributed by atoms with Gasteiger partial charge in [-0.1, -0.05) is 6.07 Å². The number of rotatable bonds is 0. The molecule has 1 aromatic carbocycles. The molecule has 1 aliphatic rings. The van der Waals surface area contributed by atoms with Gasteiger partial charge in [0.05, 0.1) is 6.61 Å². The fourth-order valence-electron chi connectivity index (χ4n) is 1.36. The summed E-state index contributed by atoms with van der Waals surface area (Å²) in [5, 5.41) is 0. The van der Waals surface area contributed by atoms with Gasteiger partial charge in [-0.2, -0.15) is 0 Å². The molecule has 0 aliphatic carbocycles. The first kappa shape index (κ1) is 6.53. The second kappa shape index (κ2) is 2.16. The molecule has 1 aromatic rings. The van der Waals surface area contributed by atoms with Gasteiger partial charge in [0, 0.05) is 18.2 Å². The van der Waals surface area contributed by atoms with Crippen molar-refractivity contribution in [3.8, 4) is 5.75 Å². The molecule has 2 rings (SSSR count). The molecule has 1 aliphatic heterocycles. The van der Waals surface area contributed by atoms with E-state index < -0.39 is 0 Å². The van der Waals surface area contributed by atoms with E-state index in [-0.39, 0.29) is 0 Å². The van der Waals surface area contributed by atoms with E-state index in [0.717, 1.165) is 30.0 Å². The van der Waals surface area contributed by atoms with Crippen LogP contribution < -0.4 is 10.5 Å². The Kier molecular flexibility index (Phi) is 1.28. The third-order valence-corrected chi connectivity index (χ3v) is 2.08. The lowest BCUT2D eigenvalue weighted by Gasteiger charge is -2.02. The molecule has 0 aromatic heterocycles. The summed E-state index contributed by atoms with van der Waals surface area (Å²) in [4.78, 5) is 0. The van der Waals surface area contributed by atoms with E-state index in [1.165, 1.54) is 5.56 Å². The van der Waals surface area contributed by atoms with Crippen molar-refractivity contribution >= 4 is 5.69 Å². The average Bonchev–Trinajstić information content (AvgIpc) is 2.36. The highest BCUT2D eigenvalue weighted by molar-refractivity contribution is 5.55. The van der Waals surface area contributed by atoms with Crippen molar-refractivity contribution < 1.29 is 4.74 Å². The first-order chi connectivity index (χ1) is 5.27. The van der Waals surface area contributed by atoms with Gasteiger partial charge in [-0.15, -0.1) is 0 Å². The van der Waals surface area contributed by atoms with Gasteiger partial charge >= 0.3 is 0 Å². The van der Waals surface area contributed by atoms with Crippen molar-refractivity contribution in [2.75, 3.05) is 12.3 Å². The van der Waals surface area contributed by atoms with Crippen molar-refractivity contribution in [3.63, 3.8) is 0 Å². The minimum atomic E-state index is 0.804. The van der Waals surface area contributed by atoms with Crippen LogP contribution in [0.5, 0.6) is 5.75 Å². The molecule has 0 bridgehead atoms. The first-order valence-electron chi connectivity index (χ1n) is 3.79. The molecule has 0 radical (unpaired) electrons. The van der Waals surface area contributed by atoms with Crippen LogP contribution in [0.3, 0.4) is 0 Å². The van der Waals surface area contributed by atoms with Crippen LogP contribution in [0, 0.1) is 6.92 Å². The molecule has 0 spiro atoms. The van der Waals surface area contributed by atoms with Crippen LogP contribution in [0.15, 0.2) is 12.1 Å². The molecule has 58 valence electrons. The smallest absolute Gasteiger partial charge is 0.124 e. The minimum Gasteiger partial charge on any atom is -0.493 e. The summed E-state index contributed by atoms with van der Waals surface area (Å²) in [6, 6.07) is 4.02. The van der Waals surface area contributed by atoms with Gasteiger partial charge in [-0.25, -0.2) is 0 Å². The van der Waals surface area contributed by atoms with Gasteiger partial charge in [-0.3, -0.25) is 0 Å². The molecule has 0 saturated carbocycles. The predicted molar refractivity (Wildman–Crippen MR) is 44.8 cm³/mol. The Morgan fingerprint density at radius 1 is 1.45 bits per heavy atom.